The summed E-state index contributed by atoms with van der Waals surface area (Å²) in [7, 11) is 1.56. The van der Waals surface area contributed by atoms with Crippen molar-refractivity contribution in [3.05, 3.63) is 42.1 Å². The number of benzene rings is 1. The van der Waals surface area contributed by atoms with Crippen LogP contribution in [0, 0.1) is 5.92 Å². The molecule has 0 spiro atoms. The number of methoxy groups -OCH3 is 1. The predicted octanol–water partition coefficient (Wildman–Crippen LogP) is 2.27. The number of amides is 1. The molecule has 0 bridgehead atoms. The Morgan fingerprint density at radius 1 is 1.38 bits per heavy atom. The first-order valence-corrected chi connectivity index (χ1v) is 7.37. The number of hydrogen-bond donors (Lipinski definition) is 0. The summed E-state index contributed by atoms with van der Waals surface area (Å²) >= 11 is 0. The second kappa shape index (κ2) is 6.22. The van der Waals surface area contributed by atoms with Gasteiger partial charge in [-0.15, -0.1) is 0 Å². The topological polar surface area (TPSA) is 42.4 Å². The first-order valence-electron chi connectivity index (χ1n) is 7.37. The van der Waals surface area contributed by atoms with E-state index in [1.165, 1.54) is 10.9 Å². The average molecular weight is 284 g/mol. The largest absolute Gasteiger partial charge is 0.375 e. The van der Waals surface area contributed by atoms with Crippen LogP contribution in [0.2, 0.25) is 0 Å². The zero-order valence-electron chi connectivity index (χ0n) is 12.3. The van der Waals surface area contributed by atoms with Crippen LogP contribution in [0.1, 0.15) is 12.0 Å². The van der Waals surface area contributed by atoms with Crippen molar-refractivity contribution >= 4 is 16.8 Å². The number of nitrogens with zero attached hydrogens (tertiary/aromatic N) is 2. The molecule has 4 nitrogen and oxygen atoms in total. The van der Waals surface area contributed by atoms with Gasteiger partial charge in [0.25, 0.3) is 0 Å². The molecule has 2 heterocycles. The fraction of sp³-hybridized carbons (Fsp3) is 0.412. The second-order valence-corrected chi connectivity index (χ2v) is 5.62. The van der Waals surface area contributed by atoms with Gasteiger partial charge in [0.15, 0.2) is 0 Å². The lowest BCUT2D eigenvalue weighted by atomic mass is 9.97. The van der Waals surface area contributed by atoms with Gasteiger partial charge in [-0.1, -0.05) is 24.3 Å². The fourth-order valence-electron chi connectivity index (χ4n) is 3.08. The molecule has 0 aliphatic carbocycles. The van der Waals surface area contributed by atoms with Crippen LogP contribution in [0.4, 0.5) is 0 Å². The van der Waals surface area contributed by atoms with Crippen LogP contribution >= 0.6 is 0 Å². The minimum atomic E-state index is 0.0936. The quantitative estimate of drug-likeness (QED) is 0.865. The van der Waals surface area contributed by atoms with Crippen molar-refractivity contribution in [3.8, 4) is 0 Å². The molecule has 0 radical (unpaired) electrons. The number of likely N-dealkylation sites (tertiary alicyclic amines) is 1. The van der Waals surface area contributed by atoms with E-state index < -0.39 is 0 Å². The molecular weight excluding hydrogens is 264 g/mol. The highest BCUT2D eigenvalue weighted by Gasteiger charge is 2.26. The molecule has 3 rings (SSSR count). The highest BCUT2D eigenvalue weighted by molar-refractivity contribution is 5.81. The molecule has 2 aromatic rings. The van der Waals surface area contributed by atoms with Gasteiger partial charge in [-0.3, -0.25) is 9.78 Å². The Hall–Kier alpha value is -1.94. The molecule has 110 valence electrons. The van der Waals surface area contributed by atoms with Gasteiger partial charge in [0.05, 0.1) is 5.52 Å². The molecule has 0 saturated carbocycles. The van der Waals surface area contributed by atoms with E-state index in [9.17, 15) is 4.79 Å². The number of hydrogen-bond acceptors (Lipinski definition) is 3. The molecule has 1 aliphatic heterocycles. The smallest absolute Gasteiger partial charge is 0.248 e. The van der Waals surface area contributed by atoms with Crippen molar-refractivity contribution in [2.45, 2.75) is 12.8 Å². The maximum Gasteiger partial charge on any atom is 0.248 e. The monoisotopic (exact) mass is 284 g/mol. The molecule has 1 aromatic heterocycles. The van der Waals surface area contributed by atoms with E-state index in [1.807, 2.05) is 17.2 Å². The molecule has 1 atom stereocenters. The van der Waals surface area contributed by atoms with Crippen molar-refractivity contribution < 1.29 is 9.53 Å². The van der Waals surface area contributed by atoms with Crippen molar-refractivity contribution in [3.63, 3.8) is 0 Å². The van der Waals surface area contributed by atoms with Crippen LogP contribution < -0.4 is 0 Å². The normalized spacial score (nSPS) is 18.3. The Bertz CT molecular complexity index is 636. The van der Waals surface area contributed by atoms with Gasteiger partial charge in [-0.25, -0.2) is 0 Å². The zero-order chi connectivity index (χ0) is 14.7. The van der Waals surface area contributed by atoms with Gasteiger partial charge in [0, 0.05) is 31.8 Å². The molecule has 0 N–H and O–H groups in total. The highest BCUT2D eigenvalue weighted by atomic mass is 16.5. The van der Waals surface area contributed by atoms with E-state index in [1.54, 1.807) is 7.11 Å². The van der Waals surface area contributed by atoms with Gasteiger partial charge in [0.2, 0.25) is 5.91 Å². The molecule has 1 saturated heterocycles. The average Bonchev–Trinajstić information content (AvgIpc) is 2.97. The highest BCUT2D eigenvalue weighted by Crippen LogP contribution is 2.24. The fourth-order valence-corrected chi connectivity index (χ4v) is 3.08. The lowest BCUT2D eigenvalue weighted by Crippen LogP contribution is -2.31. The van der Waals surface area contributed by atoms with E-state index >= 15 is 0 Å². The van der Waals surface area contributed by atoms with Gasteiger partial charge in [0.1, 0.15) is 6.61 Å². The number of carbonyl (C=O) groups excluding carboxylic acids is 1. The molecule has 0 unspecified atom stereocenters. The number of fused-ring (bicyclic) bond motifs is 1. The van der Waals surface area contributed by atoms with E-state index in [0.717, 1.165) is 31.4 Å². The van der Waals surface area contributed by atoms with Crippen molar-refractivity contribution in [1.29, 1.82) is 0 Å². The standard InChI is InChI=1S/C17H20N2O2/c1-21-12-16(20)19-9-7-13(11-19)10-15-5-2-4-14-6-3-8-18-17(14)15/h2-6,8,13H,7,9-12H2,1H3/t13-/m0/s1. The number of para-hydroxylation sites is 1. The van der Waals surface area contributed by atoms with Crippen molar-refractivity contribution in [2.75, 3.05) is 26.8 Å². The summed E-state index contributed by atoms with van der Waals surface area (Å²) in [5, 5.41) is 1.18. The van der Waals surface area contributed by atoms with Crippen LogP contribution in [0.3, 0.4) is 0 Å². The minimum absolute atomic E-state index is 0.0936. The van der Waals surface area contributed by atoms with Crippen LogP contribution in [0.15, 0.2) is 36.5 Å². The number of aromatic nitrogens is 1. The van der Waals surface area contributed by atoms with E-state index in [0.29, 0.717) is 5.92 Å². The summed E-state index contributed by atoms with van der Waals surface area (Å²) in [4.78, 5) is 18.3. The maximum atomic E-state index is 11.8. The van der Waals surface area contributed by atoms with Crippen molar-refractivity contribution in [2.24, 2.45) is 5.92 Å². The Kier molecular flexibility index (Phi) is 4.15. The Balaban J connectivity index is 1.71. The van der Waals surface area contributed by atoms with Gasteiger partial charge < -0.3 is 9.64 Å². The van der Waals surface area contributed by atoms with Crippen LogP contribution in [-0.2, 0) is 16.0 Å². The first kappa shape index (κ1) is 14.0. The maximum absolute atomic E-state index is 11.8. The van der Waals surface area contributed by atoms with Crippen molar-refractivity contribution in [1.82, 2.24) is 9.88 Å². The van der Waals surface area contributed by atoms with E-state index in [-0.39, 0.29) is 12.5 Å². The number of pyridine rings is 1. The molecule has 1 fully saturated rings. The second-order valence-electron chi connectivity index (χ2n) is 5.62. The molecule has 1 aliphatic rings. The van der Waals surface area contributed by atoms with E-state index in [2.05, 4.69) is 29.2 Å². The van der Waals surface area contributed by atoms with Gasteiger partial charge in [-0.2, -0.15) is 0 Å². The summed E-state index contributed by atoms with van der Waals surface area (Å²) < 4.78 is 4.93. The van der Waals surface area contributed by atoms with E-state index in [4.69, 9.17) is 4.74 Å². The third-order valence-electron chi connectivity index (χ3n) is 4.13. The molecule has 1 aromatic carbocycles. The lowest BCUT2D eigenvalue weighted by Gasteiger charge is -2.16. The van der Waals surface area contributed by atoms with Crippen LogP contribution in [0.25, 0.3) is 10.9 Å². The molecular formula is C17H20N2O2. The lowest BCUT2D eigenvalue weighted by molar-refractivity contribution is -0.134. The van der Waals surface area contributed by atoms with Crippen LogP contribution in [0.5, 0.6) is 0 Å². The molecule has 1 amide bonds. The minimum Gasteiger partial charge on any atom is -0.375 e. The third kappa shape index (κ3) is 3.05. The molecule has 4 heteroatoms. The van der Waals surface area contributed by atoms with Crippen LogP contribution in [-0.4, -0.2) is 42.6 Å². The van der Waals surface area contributed by atoms with Gasteiger partial charge >= 0.3 is 0 Å². The summed E-state index contributed by atoms with van der Waals surface area (Å²) in [6.07, 6.45) is 3.87. The Morgan fingerprint density at radius 3 is 3.10 bits per heavy atom. The SMILES string of the molecule is COCC(=O)N1CC[C@@H](Cc2cccc3cccnc23)C1. The predicted molar refractivity (Wildman–Crippen MR) is 82.0 cm³/mol. The third-order valence-corrected chi connectivity index (χ3v) is 4.13. The number of carbonyl (C=O) groups is 1. The zero-order valence-corrected chi connectivity index (χ0v) is 12.3. The molecule has 21 heavy (non-hydrogen) atoms. The number of ether oxygens (including phenoxy) is 1. The Labute approximate surface area is 124 Å². The Morgan fingerprint density at radius 2 is 2.24 bits per heavy atom. The summed E-state index contributed by atoms with van der Waals surface area (Å²) in [5.74, 6) is 0.606. The summed E-state index contributed by atoms with van der Waals surface area (Å²) in [6, 6.07) is 10.4. The number of rotatable bonds is 4. The summed E-state index contributed by atoms with van der Waals surface area (Å²) in [5.41, 5.74) is 2.36. The summed E-state index contributed by atoms with van der Waals surface area (Å²) in [6.45, 7) is 1.85. The first-order chi connectivity index (χ1) is 10.3. The van der Waals surface area contributed by atoms with Gasteiger partial charge in [-0.05, 0) is 30.4 Å².